The number of halogens is 1. The maximum absolute atomic E-state index is 12.5. The molecular weight excluding hydrogens is 424 g/mol. The zero-order valence-corrected chi connectivity index (χ0v) is 17.0. The number of benzene rings is 3. The Kier molecular flexibility index (Phi) is 6.52. The third-order valence-corrected chi connectivity index (χ3v) is 5.52. The number of hydrogen-bond acceptors (Lipinski definition) is 5. The normalized spacial score (nSPS) is 11.4. The van der Waals surface area contributed by atoms with Gasteiger partial charge in [-0.25, -0.2) is 0 Å². The van der Waals surface area contributed by atoms with Gasteiger partial charge >= 0.3 is 10.1 Å². The van der Waals surface area contributed by atoms with E-state index in [0.29, 0.717) is 10.7 Å². The van der Waals surface area contributed by atoms with Gasteiger partial charge in [-0.3, -0.25) is 4.79 Å². The monoisotopic (exact) mass is 438 g/mol. The van der Waals surface area contributed by atoms with E-state index in [1.54, 1.807) is 54.6 Å². The molecule has 0 bridgehead atoms. The third kappa shape index (κ3) is 5.06. The number of hydrogen-bond donors (Lipinski definition) is 1. The second kappa shape index (κ2) is 9.27. The first kappa shape index (κ1) is 21.1. The van der Waals surface area contributed by atoms with Crippen molar-refractivity contribution in [2.45, 2.75) is 4.90 Å². The molecule has 0 heterocycles. The van der Waals surface area contributed by atoms with E-state index >= 15 is 0 Å². The number of nitriles is 1. The summed E-state index contributed by atoms with van der Waals surface area (Å²) >= 11 is 6.03. The van der Waals surface area contributed by atoms with Crippen LogP contribution in [0.2, 0.25) is 5.02 Å². The molecule has 150 valence electrons. The van der Waals surface area contributed by atoms with Crippen LogP contribution >= 0.6 is 11.6 Å². The van der Waals surface area contributed by atoms with Gasteiger partial charge in [-0.2, -0.15) is 13.7 Å². The van der Waals surface area contributed by atoms with Crippen LogP contribution in [0.15, 0.2) is 89.3 Å². The highest BCUT2D eigenvalue weighted by molar-refractivity contribution is 7.87. The maximum atomic E-state index is 12.5. The minimum absolute atomic E-state index is 0.0132. The molecule has 3 aromatic rings. The predicted octanol–water partition coefficient (Wildman–Crippen LogP) is 4.65. The molecule has 0 aliphatic rings. The summed E-state index contributed by atoms with van der Waals surface area (Å²) in [6, 6.07) is 22.3. The minimum Gasteiger partial charge on any atom is -0.378 e. The quantitative estimate of drug-likeness (QED) is 0.343. The van der Waals surface area contributed by atoms with Gasteiger partial charge in [0.15, 0.2) is 0 Å². The molecule has 0 radical (unpaired) electrons. The molecule has 30 heavy (non-hydrogen) atoms. The van der Waals surface area contributed by atoms with Crippen LogP contribution in [-0.4, -0.2) is 14.3 Å². The van der Waals surface area contributed by atoms with E-state index in [9.17, 15) is 18.5 Å². The van der Waals surface area contributed by atoms with E-state index in [-0.39, 0.29) is 21.8 Å². The molecule has 0 aliphatic carbocycles. The Morgan fingerprint density at radius 3 is 2.30 bits per heavy atom. The van der Waals surface area contributed by atoms with Gasteiger partial charge in [0.05, 0.1) is 10.7 Å². The number of amides is 1. The van der Waals surface area contributed by atoms with Gasteiger partial charge in [-0.15, -0.1) is 0 Å². The first-order valence-corrected chi connectivity index (χ1v) is 10.5. The topological polar surface area (TPSA) is 96.3 Å². The van der Waals surface area contributed by atoms with E-state index in [1.165, 1.54) is 30.3 Å². The van der Waals surface area contributed by atoms with Crippen LogP contribution in [0.5, 0.6) is 5.75 Å². The molecule has 0 saturated heterocycles. The third-order valence-electron chi connectivity index (χ3n) is 3.94. The van der Waals surface area contributed by atoms with E-state index < -0.39 is 16.0 Å². The Labute approximate surface area is 179 Å². The van der Waals surface area contributed by atoms with Crippen molar-refractivity contribution in [1.82, 2.24) is 0 Å². The van der Waals surface area contributed by atoms with Gasteiger partial charge in [0.1, 0.15) is 22.3 Å². The lowest BCUT2D eigenvalue weighted by Crippen LogP contribution is -2.14. The molecule has 0 saturated carbocycles. The van der Waals surface area contributed by atoms with Gasteiger partial charge < -0.3 is 9.50 Å². The van der Waals surface area contributed by atoms with E-state index in [4.69, 9.17) is 15.8 Å². The fraction of sp³-hybridized carbons (Fsp3) is 0. The average Bonchev–Trinajstić information content (AvgIpc) is 2.75. The molecule has 3 rings (SSSR count). The van der Waals surface area contributed by atoms with Gasteiger partial charge in [0.25, 0.3) is 5.91 Å². The van der Waals surface area contributed by atoms with Crippen LogP contribution in [0.1, 0.15) is 5.56 Å². The van der Waals surface area contributed by atoms with Crippen LogP contribution in [0.4, 0.5) is 5.69 Å². The number of rotatable bonds is 6. The fourth-order valence-corrected chi connectivity index (χ4v) is 3.64. The Morgan fingerprint density at radius 2 is 1.60 bits per heavy atom. The molecule has 0 spiro atoms. The zero-order valence-electron chi connectivity index (χ0n) is 15.4. The summed E-state index contributed by atoms with van der Waals surface area (Å²) < 4.78 is 30.3. The van der Waals surface area contributed by atoms with E-state index in [2.05, 4.69) is 5.32 Å². The zero-order chi connectivity index (χ0) is 21.6. The molecule has 0 fully saturated rings. The number of nitrogens with zero attached hydrogens (tertiary/aromatic N) is 1. The lowest BCUT2D eigenvalue weighted by atomic mass is 10.1. The summed E-state index contributed by atoms with van der Waals surface area (Å²) in [5.41, 5.74) is 0.354. The maximum Gasteiger partial charge on any atom is 0.339 e. The molecule has 3 aromatic carbocycles. The molecule has 0 unspecified atom stereocenters. The van der Waals surface area contributed by atoms with Gasteiger partial charge in [-0.05, 0) is 36.4 Å². The van der Waals surface area contributed by atoms with Crippen LogP contribution in [0, 0.1) is 11.3 Å². The summed E-state index contributed by atoms with van der Waals surface area (Å²) in [7, 11) is -4.08. The highest BCUT2D eigenvalue weighted by Crippen LogP contribution is 2.26. The van der Waals surface area contributed by atoms with Crippen molar-refractivity contribution in [2.24, 2.45) is 0 Å². The Balaban J connectivity index is 1.90. The van der Waals surface area contributed by atoms with Gasteiger partial charge in [-0.1, -0.05) is 60.1 Å². The van der Waals surface area contributed by atoms with Crippen molar-refractivity contribution in [3.05, 3.63) is 95.0 Å². The number of para-hydroxylation sites is 2. The first-order chi connectivity index (χ1) is 14.4. The molecule has 6 nitrogen and oxygen atoms in total. The molecule has 0 atom stereocenters. The Bertz CT molecular complexity index is 1250. The summed E-state index contributed by atoms with van der Waals surface area (Å²) in [5.74, 6) is -0.703. The standard InChI is InChI=1S/C22H15ClN2O4S/c23-19-11-5-6-12-20(19)25-22(26)17(15-24)14-16-8-4-7-13-21(16)29-30(27,28)18-9-2-1-3-10-18/h1-14H,(H,25,26)/b17-14+. The van der Waals surface area contributed by atoms with Crippen molar-refractivity contribution in [3.8, 4) is 11.8 Å². The van der Waals surface area contributed by atoms with Gasteiger partial charge in [0, 0.05) is 5.56 Å². The lowest BCUT2D eigenvalue weighted by Gasteiger charge is -2.10. The van der Waals surface area contributed by atoms with Crippen LogP contribution in [0.3, 0.4) is 0 Å². The molecule has 0 aliphatic heterocycles. The highest BCUT2D eigenvalue weighted by atomic mass is 35.5. The van der Waals surface area contributed by atoms with Crippen LogP contribution in [-0.2, 0) is 14.9 Å². The molecule has 8 heteroatoms. The molecular formula is C22H15ClN2O4S. The second-order valence-electron chi connectivity index (χ2n) is 5.99. The van der Waals surface area contributed by atoms with E-state index in [1.807, 2.05) is 6.07 Å². The highest BCUT2D eigenvalue weighted by Gasteiger charge is 2.18. The van der Waals surface area contributed by atoms with Crippen LogP contribution < -0.4 is 9.50 Å². The molecule has 1 amide bonds. The van der Waals surface area contributed by atoms with E-state index in [0.717, 1.165) is 0 Å². The molecule has 1 N–H and O–H groups in total. The van der Waals surface area contributed by atoms with Crippen molar-refractivity contribution in [2.75, 3.05) is 5.32 Å². The lowest BCUT2D eigenvalue weighted by molar-refractivity contribution is -0.112. The Morgan fingerprint density at radius 1 is 0.967 bits per heavy atom. The number of carbonyl (C=O) groups is 1. The van der Waals surface area contributed by atoms with Gasteiger partial charge in [0.2, 0.25) is 0 Å². The number of nitrogens with one attached hydrogen (secondary N) is 1. The summed E-state index contributed by atoms with van der Waals surface area (Å²) in [5, 5.41) is 12.3. The van der Waals surface area contributed by atoms with Crippen LogP contribution in [0.25, 0.3) is 6.08 Å². The first-order valence-electron chi connectivity index (χ1n) is 8.67. The predicted molar refractivity (Wildman–Crippen MR) is 114 cm³/mol. The summed E-state index contributed by atoms with van der Waals surface area (Å²) in [6.45, 7) is 0. The largest absolute Gasteiger partial charge is 0.378 e. The van der Waals surface area contributed by atoms with Crippen molar-refractivity contribution in [1.29, 1.82) is 5.26 Å². The average molecular weight is 439 g/mol. The smallest absolute Gasteiger partial charge is 0.339 e. The molecule has 0 aromatic heterocycles. The Hall–Kier alpha value is -3.60. The minimum atomic E-state index is -4.08. The van der Waals surface area contributed by atoms with Crippen molar-refractivity contribution < 1.29 is 17.4 Å². The number of carbonyl (C=O) groups excluding carboxylic acids is 1. The fourth-order valence-electron chi connectivity index (χ4n) is 2.49. The SMILES string of the molecule is N#C/C(=C\c1ccccc1OS(=O)(=O)c1ccccc1)C(=O)Nc1ccccc1Cl. The van der Waals surface area contributed by atoms with Crippen molar-refractivity contribution >= 4 is 39.4 Å². The number of anilines is 1. The second-order valence-corrected chi connectivity index (χ2v) is 7.95. The summed E-state index contributed by atoms with van der Waals surface area (Å²) in [4.78, 5) is 12.5. The van der Waals surface area contributed by atoms with Crippen molar-refractivity contribution in [3.63, 3.8) is 0 Å². The summed E-state index contributed by atoms with van der Waals surface area (Å²) in [6.07, 6.45) is 1.25.